The van der Waals surface area contributed by atoms with Crippen LogP contribution in [0.15, 0.2) is 45.6 Å². The van der Waals surface area contributed by atoms with Gasteiger partial charge in [0.25, 0.3) is 5.91 Å². The van der Waals surface area contributed by atoms with Gasteiger partial charge in [0.2, 0.25) is 0 Å². The van der Waals surface area contributed by atoms with Crippen molar-refractivity contribution < 1.29 is 13.2 Å². The van der Waals surface area contributed by atoms with Gasteiger partial charge in [-0.2, -0.15) is 0 Å². The Balaban J connectivity index is 2.30. The van der Waals surface area contributed by atoms with Gasteiger partial charge in [-0.1, -0.05) is 42.2 Å². The van der Waals surface area contributed by atoms with Gasteiger partial charge in [0.15, 0.2) is 9.84 Å². The SMILES string of the molecule is O=C1NC(=S)SC1=C1C=CS(=O)(=O)c2ccccc21. The molecule has 0 spiro atoms. The molecule has 7 heteroatoms. The summed E-state index contributed by atoms with van der Waals surface area (Å²) in [6.07, 6.45) is 1.45. The number of sulfone groups is 1. The quantitative estimate of drug-likeness (QED) is 0.585. The molecule has 1 fully saturated rings. The Labute approximate surface area is 119 Å². The summed E-state index contributed by atoms with van der Waals surface area (Å²) in [6, 6.07) is 6.62. The predicted octanol–water partition coefficient (Wildman–Crippen LogP) is 1.85. The molecule has 0 saturated carbocycles. The predicted molar refractivity (Wildman–Crippen MR) is 78.0 cm³/mol. The number of amides is 1. The van der Waals surface area contributed by atoms with Gasteiger partial charge in [0, 0.05) is 16.5 Å². The Morgan fingerprint density at radius 3 is 2.63 bits per heavy atom. The van der Waals surface area contributed by atoms with Crippen LogP contribution >= 0.6 is 24.0 Å². The second-order valence-corrected chi connectivity index (χ2v) is 7.42. The van der Waals surface area contributed by atoms with E-state index in [4.69, 9.17) is 12.2 Å². The highest BCUT2D eigenvalue weighted by Crippen LogP contribution is 2.38. The van der Waals surface area contributed by atoms with E-state index in [1.807, 2.05) is 0 Å². The fourth-order valence-electron chi connectivity index (χ4n) is 1.95. The van der Waals surface area contributed by atoms with Crippen molar-refractivity contribution in [3.8, 4) is 0 Å². The van der Waals surface area contributed by atoms with Crippen LogP contribution in [0.2, 0.25) is 0 Å². The number of carbonyl (C=O) groups excluding carboxylic acids is 1. The molecule has 2 heterocycles. The van der Waals surface area contributed by atoms with E-state index in [0.717, 1.165) is 17.2 Å². The summed E-state index contributed by atoms with van der Waals surface area (Å²) in [5.74, 6) is -0.288. The molecule has 1 aromatic rings. The van der Waals surface area contributed by atoms with Crippen LogP contribution in [0.4, 0.5) is 0 Å². The summed E-state index contributed by atoms with van der Waals surface area (Å²) in [6.45, 7) is 0. The van der Waals surface area contributed by atoms with Gasteiger partial charge in [0.1, 0.15) is 4.32 Å². The van der Waals surface area contributed by atoms with E-state index in [1.165, 1.54) is 12.1 Å². The number of thiocarbonyl (C=S) groups is 1. The minimum atomic E-state index is -3.42. The third-order valence-corrected chi connectivity index (χ3v) is 5.47. The fraction of sp³-hybridized carbons (Fsp3) is 0. The number of allylic oxidation sites excluding steroid dienone is 2. The summed E-state index contributed by atoms with van der Waals surface area (Å²) >= 11 is 6.09. The maximum absolute atomic E-state index is 11.9. The van der Waals surface area contributed by atoms with Crippen molar-refractivity contribution >= 4 is 49.6 Å². The molecule has 0 radical (unpaired) electrons. The molecule has 0 unspecified atom stereocenters. The highest BCUT2D eigenvalue weighted by Gasteiger charge is 2.30. The van der Waals surface area contributed by atoms with Crippen molar-refractivity contribution in [2.24, 2.45) is 0 Å². The summed E-state index contributed by atoms with van der Waals surface area (Å²) < 4.78 is 24.3. The number of benzene rings is 1. The second kappa shape index (κ2) is 4.29. The zero-order chi connectivity index (χ0) is 13.6. The molecular weight excluding hydrogens is 302 g/mol. The number of rotatable bonds is 0. The molecule has 1 N–H and O–H groups in total. The van der Waals surface area contributed by atoms with Gasteiger partial charge in [0.05, 0.1) is 9.80 Å². The Bertz CT molecular complexity index is 775. The van der Waals surface area contributed by atoms with E-state index in [2.05, 4.69) is 5.32 Å². The van der Waals surface area contributed by atoms with E-state index < -0.39 is 9.84 Å². The lowest BCUT2D eigenvalue weighted by Crippen LogP contribution is -2.18. The monoisotopic (exact) mass is 309 g/mol. The first kappa shape index (κ1) is 12.6. The van der Waals surface area contributed by atoms with Gasteiger partial charge in [-0.05, 0) is 12.1 Å². The van der Waals surface area contributed by atoms with Crippen molar-refractivity contribution in [2.75, 3.05) is 0 Å². The van der Waals surface area contributed by atoms with Gasteiger partial charge in [-0.3, -0.25) is 4.79 Å². The van der Waals surface area contributed by atoms with Crippen molar-refractivity contribution in [1.82, 2.24) is 5.32 Å². The first-order valence-electron chi connectivity index (χ1n) is 5.29. The molecule has 3 rings (SSSR count). The molecule has 0 bridgehead atoms. The van der Waals surface area contributed by atoms with Crippen LogP contribution in [0.3, 0.4) is 0 Å². The van der Waals surface area contributed by atoms with E-state index in [-0.39, 0.29) is 10.8 Å². The number of hydrogen-bond donors (Lipinski definition) is 1. The van der Waals surface area contributed by atoms with E-state index >= 15 is 0 Å². The van der Waals surface area contributed by atoms with E-state index in [1.54, 1.807) is 18.2 Å². The van der Waals surface area contributed by atoms with Crippen molar-refractivity contribution in [2.45, 2.75) is 4.90 Å². The van der Waals surface area contributed by atoms with Crippen LogP contribution in [0.25, 0.3) is 5.57 Å². The molecule has 0 atom stereocenters. The van der Waals surface area contributed by atoms with E-state index in [0.29, 0.717) is 20.4 Å². The van der Waals surface area contributed by atoms with Gasteiger partial charge >= 0.3 is 0 Å². The molecule has 2 aliphatic heterocycles. The highest BCUT2D eigenvalue weighted by molar-refractivity contribution is 8.26. The number of hydrogen-bond acceptors (Lipinski definition) is 5. The van der Waals surface area contributed by atoms with Crippen molar-refractivity contribution in [1.29, 1.82) is 0 Å². The molecule has 2 aliphatic rings. The van der Waals surface area contributed by atoms with Crippen LogP contribution in [0.1, 0.15) is 5.56 Å². The third-order valence-electron chi connectivity index (χ3n) is 2.76. The number of thioether (sulfide) groups is 1. The van der Waals surface area contributed by atoms with Crippen LogP contribution in [-0.2, 0) is 14.6 Å². The molecule has 0 aromatic heterocycles. The van der Waals surface area contributed by atoms with Gasteiger partial charge in [-0.25, -0.2) is 8.42 Å². The third kappa shape index (κ3) is 2.03. The zero-order valence-corrected chi connectivity index (χ0v) is 11.9. The Morgan fingerprint density at radius 1 is 1.21 bits per heavy atom. The number of fused-ring (bicyclic) bond motifs is 1. The Hall–Kier alpha value is -1.44. The topological polar surface area (TPSA) is 63.2 Å². The first-order valence-corrected chi connectivity index (χ1v) is 8.06. The molecule has 1 amide bonds. The number of nitrogens with one attached hydrogen (secondary N) is 1. The molecule has 96 valence electrons. The Morgan fingerprint density at radius 2 is 1.95 bits per heavy atom. The smallest absolute Gasteiger partial charge is 0.264 e. The Kier molecular flexibility index (Phi) is 2.84. The second-order valence-electron chi connectivity index (χ2n) is 3.93. The maximum Gasteiger partial charge on any atom is 0.264 e. The molecule has 4 nitrogen and oxygen atoms in total. The highest BCUT2D eigenvalue weighted by atomic mass is 32.2. The average Bonchev–Trinajstić information content (AvgIpc) is 2.69. The summed E-state index contributed by atoms with van der Waals surface area (Å²) in [5, 5.41) is 3.65. The normalized spacial score (nSPS) is 24.2. The summed E-state index contributed by atoms with van der Waals surface area (Å²) in [5.41, 5.74) is 1.13. The van der Waals surface area contributed by atoms with Crippen LogP contribution in [0.5, 0.6) is 0 Å². The van der Waals surface area contributed by atoms with Crippen molar-refractivity contribution in [3.63, 3.8) is 0 Å². The standard InChI is InChI=1S/C12H7NO3S3/c14-11-10(18-12(17)13-11)8-5-6-19(15,16)9-4-2-1-3-7(8)9/h1-6H,(H,13,14,17). The lowest BCUT2D eigenvalue weighted by atomic mass is 10.0. The molecule has 19 heavy (non-hydrogen) atoms. The van der Waals surface area contributed by atoms with Crippen LogP contribution in [-0.4, -0.2) is 18.6 Å². The number of carbonyl (C=O) groups is 1. The molecular formula is C12H7NO3S3. The van der Waals surface area contributed by atoms with Gasteiger partial charge < -0.3 is 5.32 Å². The average molecular weight is 309 g/mol. The molecule has 0 aliphatic carbocycles. The minimum Gasteiger partial charge on any atom is -0.307 e. The lowest BCUT2D eigenvalue weighted by Gasteiger charge is -2.14. The first-order chi connectivity index (χ1) is 8.99. The molecule has 1 aromatic carbocycles. The maximum atomic E-state index is 11.9. The van der Waals surface area contributed by atoms with E-state index in [9.17, 15) is 13.2 Å². The summed E-state index contributed by atoms with van der Waals surface area (Å²) in [4.78, 5) is 12.4. The summed E-state index contributed by atoms with van der Waals surface area (Å²) in [7, 11) is -3.42. The van der Waals surface area contributed by atoms with Crippen LogP contribution < -0.4 is 5.32 Å². The largest absolute Gasteiger partial charge is 0.307 e. The zero-order valence-electron chi connectivity index (χ0n) is 9.41. The fourth-order valence-corrected chi connectivity index (χ4v) is 4.27. The van der Waals surface area contributed by atoms with Gasteiger partial charge in [-0.15, -0.1) is 0 Å². The molecule has 1 saturated heterocycles. The lowest BCUT2D eigenvalue weighted by molar-refractivity contribution is -0.115. The van der Waals surface area contributed by atoms with Crippen LogP contribution in [0, 0.1) is 0 Å². The minimum absolute atomic E-state index is 0.214. The van der Waals surface area contributed by atoms with Crippen molar-refractivity contribution in [3.05, 3.63) is 46.2 Å².